The highest BCUT2D eigenvalue weighted by atomic mass is 31.2. The molecule has 0 bridgehead atoms. The highest BCUT2D eigenvalue weighted by Crippen LogP contribution is 2.39. The van der Waals surface area contributed by atoms with E-state index < -0.39 is 7.52 Å². The maximum absolute atomic E-state index is 11.0. The predicted octanol–water partition coefficient (Wildman–Crippen LogP) is -0.912. The van der Waals surface area contributed by atoms with Gasteiger partial charge in [0.25, 0.3) is 7.52 Å². The Hall–Kier alpha value is 0.0700. The lowest BCUT2D eigenvalue weighted by Gasteiger charge is -2.22. The zero-order valence-electron chi connectivity index (χ0n) is 6.47. The van der Waals surface area contributed by atoms with Crippen molar-refractivity contribution in [3.05, 3.63) is 0 Å². The minimum Gasteiger partial charge on any atom is -0.395 e. The normalized spacial score (nSPS) is 16.8. The van der Waals surface area contributed by atoms with Crippen LogP contribution in [0.3, 0.4) is 0 Å². The van der Waals surface area contributed by atoms with Crippen LogP contribution in [0.2, 0.25) is 0 Å². The molecular weight excluding hydrogens is 169 g/mol. The first kappa shape index (κ1) is 11.1. The van der Waals surface area contributed by atoms with E-state index in [1.807, 2.05) is 0 Å². The van der Waals surface area contributed by atoms with Crippen molar-refractivity contribution in [2.75, 3.05) is 33.0 Å². The predicted molar refractivity (Wildman–Crippen MR) is 41.5 cm³/mol. The number of hydrogen-bond donors (Lipinski definition) is 3. The molecule has 1 unspecified atom stereocenters. The summed E-state index contributed by atoms with van der Waals surface area (Å²) in [5.41, 5.74) is 0. The second kappa shape index (κ2) is 4.85. The molecule has 0 fully saturated rings. The molecule has 0 aliphatic carbocycles. The summed E-state index contributed by atoms with van der Waals surface area (Å²) in [7, 11) is -3.30. The van der Waals surface area contributed by atoms with Crippen molar-refractivity contribution in [1.82, 2.24) is 4.67 Å². The van der Waals surface area contributed by atoms with Crippen LogP contribution in [0, 0.1) is 0 Å². The quantitative estimate of drug-likeness (QED) is 0.481. The third-order valence-corrected chi connectivity index (χ3v) is 2.69. The van der Waals surface area contributed by atoms with Crippen molar-refractivity contribution in [3.63, 3.8) is 0 Å². The Morgan fingerprint density at radius 2 is 1.64 bits per heavy atom. The Bertz CT molecular complexity index is 139. The molecule has 0 spiro atoms. The molecule has 0 saturated carbocycles. The van der Waals surface area contributed by atoms with Gasteiger partial charge < -0.3 is 15.1 Å². The van der Waals surface area contributed by atoms with Gasteiger partial charge in [0.15, 0.2) is 0 Å². The SMILES string of the molecule is CP(=O)(O)N(CCO)CCO. The summed E-state index contributed by atoms with van der Waals surface area (Å²) in [4.78, 5) is 9.00. The van der Waals surface area contributed by atoms with Gasteiger partial charge in [-0.05, 0) is 0 Å². The van der Waals surface area contributed by atoms with Crippen molar-refractivity contribution in [3.8, 4) is 0 Å². The van der Waals surface area contributed by atoms with Gasteiger partial charge in [-0.15, -0.1) is 0 Å². The maximum Gasteiger partial charge on any atom is 0.266 e. The van der Waals surface area contributed by atoms with E-state index in [0.717, 1.165) is 4.67 Å². The minimum absolute atomic E-state index is 0.116. The fourth-order valence-corrected chi connectivity index (χ4v) is 1.63. The Kier molecular flexibility index (Phi) is 4.88. The lowest BCUT2D eigenvalue weighted by Crippen LogP contribution is -2.26. The summed E-state index contributed by atoms with van der Waals surface area (Å²) in [5.74, 6) is 0. The molecule has 0 amide bonds. The van der Waals surface area contributed by atoms with Crippen LogP contribution in [0.5, 0.6) is 0 Å². The maximum atomic E-state index is 11.0. The fourth-order valence-electron chi connectivity index (χ4n) is 0.714. The van der Waals surface area contributed by atoms with Gasteiger partial charge >= 0.3 is 0 Å². The Balaban J connectivity index is 3.99. The van der Waals surface area contributed by atoms with Gasteiger partial charge in [-0.1, -0.05) is 0 Å². The molecular formula is C5H14NO4P. The lowest BCUT2D eigenvalue weighted by atomic mass is 10.6. The summed E-state index contributed by atoms with van der Waals surface area (Å²) in [6.07, 6.45) is 0. The molecule has 11 heavy (non-hydrogen) atoms. The molecule has 5 nitrogen and oxygen atoms in total. The average molecular weight is 183 g/mol. The summed E-state index contributed by atoms with van der Waals surface area (Å²) < 4.78 is 12.1. The first-order chi connectivity index (χ1) is 5.02. The van der Waals surface area contributed by atoms with Crippen molar-refractivity contribution in [2.45, 2.75) is 0 Å². The van der Waals surface area contributed by atoms with Gasteiger partial charge in [-0.2, -0.15) is 0 Å². The van der Waals surface area contributed by atoms with Crippen LogP contribution in [-0.4, -0.2) is 52.7 Å². The average Bonchev–Trinajstić information content (AvgIpc) is 1.85. The number of aliphatic hydroxyl groups is 2. The first-order valence-corrected chi connectivity index (χ1v) is 5.35. The summed E-state index contributed by atoms with van der Waals surface area (Å²) in [6.45, 7) is 1.05. The molecule has 68 valence electrons. The standard InChI is InChI=1S/C5H14NO4P/c1-11(9,10)6(2-4-7)3-5-8/h7-8H,2-5H2,1H3,(H,9,10). The number of nitrogens with zero attached hydrogens (tertiary/aromatic N) is 1. The highest BCUT2D eigenvalue weighted by Gasteiger charge is 2.20. The molecule has 0 aliphatic heterocycles. The number of aliphatic hydroxyl groups excluding tert-OH is 2. The Labute approximate surface area is 65.8 Å². The summed E-state index contributed by atoms with van der Waals surface area (Å²) in [6, 6.07) is 0. The van der Waals surface area contributed by atoms with E-state index in [9.17, 15) is 4.57 Å². The number of hydrogen-bond acceptors (Lipinski definition) is 3. The molecule has 0 heterocycles. The Morgan fingerprint density at radius 1 is 1.27 bits per heavy atom. The second-order valence-corrected chi connectivity index (χ2v) is 4.47. The van der Waals surface area contributed by atoms with Crippen LogP contribution in [0.4, 0.5) is 0 Å². The van der Waals surface area contributed by atoms with Gasteiger partial charge in [-0.3, -0.25) is 4.57 Å². The molecule has 6 heteroatoms. The molecule has 0 rings (SSSR count). The smallest absolute Gasteiger partial charge is 0.266 e. The van der Waals surface area contributed by atoms with Crippen molar-refractivity contribution in [1.29, 1.82) is 0 Å². The molecule has 0 saturated heterocycles. The third-order valence-electron chi connectivity index (χ3n) is 1.24. The summed E-state index contributed by atoms with van der Waals surface area (Å²) in [5, 5.41) is 16.9. The summed E-state index contributed by atoms with van der Waals surface area (Å²) >= 11 is 0. The molecule has 3 N–H and O–H groups in total. The van der Waals surface area contributed by atoms with Gasteiger partial charge in [0, 0.05) is 19.8 Å². The zero-order valence-corrected chi connectivity index (χ0v) is 7.37. The zero-order chi connectivity index (χ0) is 8.91. The molecule has 1 atom stereocenters. The van der Waals surface area contributed by atoms with Crippen LogP contribution in [0.25, 0.3) is 0 Å². The van der Waals surface area contributed by atoms with Crippen molar-refractivity contribution in [2.24, 2.45) is 0 Å². The fraction of sp³-hybridized carbons (Fsp3) is 1.00. The van der Waals surface area contributed by atoms with E-state index in [2.05, 4.69) is 0 Å². The van der Waals surface area contributed by atoms with Crippen molar-refractivity contribution < 1.29 is 19.7 Å². The van der Waals surface area contributed by atoms with Crippen LogP contribution in [-0.2, 0) is 4.57 Å². The van der Waals surface area contributed by atoms with E-state index in [1.54, 1.807) is 0 Å². The molecule has 0 aromatic carbocycles. The van der Waals surface area contributed by atoms with Crippen LogP contribution >= 0.6 is 7.52 Å². The van der Waals surface area contributed by atoms with Gasteiger partial charge in [0.1, 0.15) is 0 Å². The lowest BCUT2D eigenvalue weighted by molar-refractivity contribution is 0.206. The van der Waals surface area contributed by atoms with Gasteiger partial charge in [-0.25, -0.2) is 4.67 Å². The minimum atomic E-state index is -3.30. The monoisotopic (exact) mass is 183 g/mol. The van der Waals surface area contributed by atoms with Gasteiger partial charge in [0.2, 0.25) is 0 Å². The molecule has 0 aromatic rings. The van der Waals surface area contributed by atoms with E-state index in [4.69, 9.17) is 15.1 Å². The molecule has 0 aliphatic rings. The van der Waals surface area contributed by atoms with E-state index in [0.29, 0.717) is 0 Å². The molecule has 0 radical (unpaired) electrons. The largest absolute Gasteiger partial charge is 0.395 e. The second-order valence-electron chi connectivity index (χ2n) is 2.24. The molecule has 0 aromatic heterocycles. The van der Waals surface area contributed by atoms with E-state index >= 15 is 0 Å². The topological polar surface area (TPSA) is 81.0 Å². The van der Waals surface area contributed by atoms with E-state index in [1.165, 1.54) is 6.66 Å². The van der Waals surface area contributed by atoms with Gasteiger partial charge in [0.05, 0.1) is 13.2 Å². The third kappa shape index (κ3) is 4.50. The first-order valence-electron chi connectivity index (χ1n) is 3.29. The van der Waals surface area contributed by atoms with Crippen molar-refractivity contribution >= 4 is 7.52 Å². The van der Waals surface area contributed by atoms with E-state index in [-0.39, 0.29) is 26.3 Å². The highest BCUT2D eigenvalue weighted by molar-refractivity contribution is 7.54. The Morgan fingerprint density at radius 3 is 1.82 bits per heavy atom. The van der Waals surface area contributed by atoms with Crippen LogP contribution in [0.15, 0.2) is 0 Å². The van der Waals surface area contributed by atoms with Crippen LogP contribution < -0.4 is 0 Å². The number of rotatable bonds is 5. The van der Waals surface area contributed by atoms with Crippen LogP contribution in [0.1, 0.15) is 0 Å².